The molecule has 1 aliphatic heterocycles. The summed E-state index contributed by atoms with van der Waals surface area (Å²) in [6, 6.07) is 4.08. The van der Waals surface area contributed by atoms with Crippen LogP contribution in [0.15, 0.2) is 17.5 Å². The van der Waals surface area contributed by atoms with Gasteiger partial charge >= 0.3 is 0 Å². The molecule has 0 unspecified atom stereocenters. The Balaban J connectivity index is 1.94. The van der Waals surface area contributed by atoms with Crippen LogP contribution in [0.3, 0.4) is 0 Å². The number of nitrogens with one attached hydrogen (secondary N) is 2. The van der Waals surface area contributed by atoms with Crippen LogP contribution in [0.5, 0.6) is 0 Å². The largest absolute Gasteiger partial charge is 0.387 e. The van der Waals surface area contributed by atoms with Gasteiger partial charge in [-0.3, -0.25) is 4.79 Å². The summed E-state index contributed by atoms with van der Waals surface area (Å²) in [7, 11) is 1.83. The van der Waals surface area contributed by atoms with Crippen LogP contribution < -0.4 is 15.5 Å². The number of ether oxygens (including phenoxy) is 1. The first-order chi connectivity index (χ1) is 12.0. The second-order valence-electron chi connectivity index (χ2n) is 6.33. The van der Waals surface area contributed by atoms with E-state index in [1.807, 2.05) is 25.4 Å². The van der Waals surface area contributed by atoms with Crippen molar-refractivity contribution >= 4 is 34.3 Å². The van der Waals surface area contributed by atoms with Gasteiger partial charge in [0.25, 0.3) is 5.91 Å². The Morgan fingerprint density at radius 2 is 1.92 bits per heavy atom. The number of anilines is 3. The molecule has 0 saturated carbocycles. The van der Waals surface area contributed by atoms with E-state index in [9.17, 15) is 4.79 Å². The standard InChI is InChI=1S/C19H25N3O2S/c1-12-11-13(2)17(22-6-8-24-9-7-22)14(3)16(12)21-19(23)18-15(20-4)5-10-25-18/h5,10-11,20H,6-9H2,1-4H3,(H,21,23). The Kier molecular flexibility index (Phi) is 5.30. The molecule has 1 amide bonds. The van der Waals surface area contributed by atoms with Crippen molar-refractivity contribution in [1.29, 1.82) is 0 Å². The zero-order valence-electron chi connectivity index (χ0n) is 15.2. The number of hydrogen-bond acceptors (Lipinski definition) is 5. The summed E-state index contributed by atoms with van der Waals surface area (Å²) in [5.41, 5.74) is 6.43. The highest BCUT2D eigenvalue weighted by Gasteiger charge is 2.21. The summed E-state index contributed by atoms with van der Waals surface area (Å²) < 4.78 is 5.48. The maximum absolute atomic E-state index is 12.8. The smallest absolute Gasteiger partial charge is 0.267 e. The molecule has 1 fully saturated rings. The minimum absolute atomic E-state index is 0.0673. The molecule has 2 aromatic rings. The Bertz CT molecular complexity index is 779. The van der Waals surface area contributed by atoms with Crippen LogP contribution in [-0.2, 0) is 4.74 Å². The number of rotatable bonds is 4. The highest BCUT2D eigenvalue weighted by molar-refractivity contribution is 7.12. The summed E-state index contributed by atoms with van der Waals surface area (Å²) in [5, 5.41) is 8.13. The number of thiophene rings is 1. The van der Waals surface area contributed by atoms with Gasteiger partial charge in [0.2, 0.25) is 0 Å². The zero-order chi connectivity index (χ0) is 18.0. The number of amides is 1. The Morgan fingerprint density at radius 1 is 1.20 bits per heavy atom. The van der Waals surface area contributed by atoms with Crippen molar-refractivity contribution in [3.05, 3.63) is 39.1 Å². The van der Waals surface area contributed by atoms with E-state index in [0.717, 1.165) is 48.8 Å². The van der Waals surface area contributed by atoms with Crippen molar-refractivity contribution in [2.45, 2.75) is 20.8 Å². The third kappa shape index (κ3) is 3.50. The second-order valence-corrected chi connectivity index (χ2v) is 7.24. The van der Waals surface area contributed by atoms with Crippen LogP contribution in [0.4, 0.5) is 17.1 Å². The molecule has 0 aliphatic carbocycles. The summed E-state index contributed by atoms with van der Waals surface area (Å²) in [6.45, 7) is 9.53. The monoisotopic (exact) mass is 359 g/mol. The van der Waals surface area contributed by atoms with Crippen LogP contribution in [-0.4, -0.2) is 39.3 Å². The van der Waals surface area contributed by atoms with Crippen LogP contribution >= 0.6 is 11.3 Å². The predicted molar refractivity (Wildman–Crippen MR) is 106 cm³/mol. The molecule has 25 heavy (non-hydrogen) atoms. The van der Waals surface area contributed by atoms with Crippen molar-refractivity contribution in [3.63, 3.8) is 0 Å². The van der Waals surface area contributed by atoms with E-state index < -0.39 is 0 Å². The molecule has 5 nitrogen and oxygen atoms in total. The fourth-order valence-corrected chi connectivity index (χ4v) is 4.29. The second kappa shape index (κ2) is 7.45. The van der Waals surface area contributed by atoms with Gasteiger partial charge in [-0.2, -0.15) is 0 Å². The van der Waals surface area contributed by atoms with Crippen molar-refractivity contribution < 1.29 is 9.53 Å². The first-order valence-corrected chi connectivity index (χ1v) is 9.41. The molecule has 1 aromatic carbocycles. The molecular weight excluding hydrogens is 334 g/mol. The SMILES string of the molecule is CNc1ccsc1C(=O)Nc1c(C)cc(C)c(N2CCOCC2)c1C. The van der Waals surface area contributed by atoms with E-state index in [0.29, 0.717) is 4.88 Å². The molecule has 1 aromatic heterocycles. The van der Waals surface area contributed by atoms with Gasteiger partial charge in [-0.15, -0.1) is 11.3 Å². The van der Waals surface area contributed by atoms with Gasteiger partial charge < -0.3 is 20.3 Å². The van der Waals surface area contributed by atoms with E-state index in [-0.39, 0.29) is 5.91 Å². The minimum atomic E-state index is -0.0673. The third-order valence-corrected chi connectivity index (χ3v) is 5.55. The lowest BCUT2D eigenvalue weighted by Crippen LogP contribution is -2.37. The summed E-state index contributed by atoms with van der Waals surface area (Å²) >= 11 is 1.45. The highest BCUT2D eigenvalue weighted by Crippen LogP contribution is 2.35. The first-order valence-electron chi connectivity index (χ1n) is 8.53. The quantitative estimate of drug-likeness (QED) is 0.872. The molecule has 0 bridgehead atoms. The Hall–Kier alpha value is -2.05. The molecule has 0 spiro atoms. The number of carbonyl (C=O) groups is 1. The summed E-state index contributed by atoms with van der Waals surface area (Å²) in [5.74, 6) is -0.0673. The van der Waals surface area contributed by atoms with E-state index in [2.05, 4.69) is 35.4 Å². The molecule has 134 valence electrons. The molecule has 2 heterocycles. The zero-order valence-corrected chi connectivity index (χ0v) is 16.0. The van der Waals surface area contributed by atoms with Crippen molar-refractivity contribution in [2.24, 2.45) is 0 Å². The van der Waals surface area contributed by atoms with Crippen LogP contribution in [0.1, 0.15) is 26.4 Å². The summed E-state index contributed by atoms with van der Waals surface area (Å²) in [4.78, 5) is 15.8. The number of nitrogens with zero attached hydrogens (tertiary/aromatic N) is 1. The number of benzene rings is 1. The summed E-state index contributed by atoms with van der Waals surface area (Å²) in [6.07, 6.45) is 0. The molecule has 0 atom stereocenters. The van der Waals surface area contributed by atoms with E-state index in [1.54, 1.807) is 0 Å². The number of hydrogen-bond donors (Lipinski definition) is 2. The van der Waals surface area contributed by atoms with Crippen LogP contribution in [0.2, 0.25) is 0 Å². The molecule has 6 heteroatoms. The van der Waals surface area contributed by atoms with Gasteiger partial charge in [0, 0.05) is 31.5 Å². The third-order valence-electron chi connectivity index (χ3n) is 4.64. The van der Waals surface area contributed by atoms with Crippen LogP contribution in [0, 0.1) is 20.8 Å². The fraction of sp³-hybridized carbons (Fsp3) is 0.421. The minimum Gasteiger partial charge on any atom is -0.387 e. The van der Waals surface area contributed by atoms with Gasteiger partial charge in [-0.05, 0) is 48.9 Å². The van der Waals surface area contributed by atoms with Crippen LogP contribution in [0.25, 0.3) is 0 Å². The maximum atomic E-state index is 12.8. The lowest BCUT2D eigenvalue weighted by Gasteiger charge is -2.32. The molecule has 1 aliphatic rings. The predicted octanol–water partition coefficient (Wildman–Crippen LogP) is 3.80. The highest BCUT2D eigenvalue weighted by atomic mass is 32.1. The van der Waals surface area contributed by atoms with Crippen molar-refractivity contribution in [2.75, 3.05) is 48.9 Å². The molecule has 0 radical (unpaired) electrons. The van der Waals surface area contributed by atoms with E-state index in [4.69, 9.17) is 4.74 Å². The Morgan fingerprint density at radius 3 is 2.60 bits per heavy atom. The number of aryl methyl sites for hydroxylation is 2. The van der Waals surface area contributed by atoms with Crippen molar-refractivity contribution in [3.8, 4) is 0 Å². The molecule has 3 rings (SSSR count). The molecular formula is C19H25N3O2S. The maximum Gasteiger partial charge on any atom is 0.267 e. The lowest BCUT2D eigenvalue weighted by atomic mass is 10.0. The van der Waals surface area contributed by atoms with Gasteiger partial charge in [0.05, 0.1) is 18.9 Å². The lowest BCUT2D eigenvalue weighted by molar-refractivity contribution is 0.103. The van der Waals surface area contributed by atoms with Gasteiger partial charge in [-0.25, -0.2) is 0 Å². The molecule has 2 N–H and O–H groups in total. The Labute approximate surface area is 153 Å². The normalized spacial score (nSPS) is 14.5. The van der Waals surface area contributed by atoms with E-state index in [1.165, 1.54) is 22.6 Å². The van der Waals surface area contributed by atoms with Crippen molar-refractivity contribution in [1.82, 2.24) is 0 Å². The topological polar surface area (TPSA) is 53.6 Å². The fourth-order valence-electron chi connectivity index (χ4n) is 3.49. The average molecular weight is 359 g/mol. The van der Waals surface area contributed by atoms with Gasteiger partial charge in [0.15, 0.2) is 0 Å². The van der Waals surface area contributed by atoms with Gasteiger partial charge in [0.1, 0.15) is 4.88 Å². The van der Waals surface area contributed by atoms with E-state index >= 15 is 0 Å². The first kappa shape index (κ1) is 17.8. The molecule has 1 saturated heterocycles. The average Bonchev–Trinajstić information content (AvgIpc) is 3.08. The number of morpholine rings is 1. The number of carbonyl (C=O) groups excluding carboxylic acids is 1. The van der Waals surface area contributed by atoms with Gasteiger partial charge in [-0.1, -0.05) is 6.07 Å².